The van der Waals surface area contributed by atoms with Crippen molar-refractivity contribution in [1.82, 2.24) is 14.9 Å². The first-order chi connectivity index (χ1) is 20.6. The maximum atomic E-state index is 12.7. The molecule has 0 radical (unpaired) electrons. The molecule has 9 heteroatoms. The summed E-state index contributed by atoms with van der Waals surface area (Å²) < 4.78 is 35.9. The van der Waals surface area contributed by atoms with Gasteiger partial charge in [-0.25, -0.2) is 0 Å². The standard InChI is InChI=1S/C31H32N6O3/c1-5-39-29-17-26-25(16-27(29)36-30(38)10-8-14-37(3)4)31(22(18-32)19-34-26)35-23-11-12-28(21(2)15-23)40-20-24-9-6-7-13-33-24/h6-13,15-17,19H,5,14,20H2,1-4H3,(H,34,35)(H,36,38)/i2D3. The molecule has 2 N–H and O–H groups in total. The van der Waals surface area contributed by atoms with Crippen LogP contribution in [0.25, 0.3) is 10.9 Å². The largest absolute Gasteiger partial charge is 0.492 e. The molecule has 204 valence electrons. The number of fused-ring (bicyclic) bond motifs is 1. The second-order valence-corrected chi connectivity index (χ2v) is 9.06. The lowest BCUT2D eigenvalue weighted by Gasteiger charge is -2.17. The van der Waals surface area contributed by atoms with Crippen molar-refractivity contribution >= 4 is 33.9 Å². The Morgan fingerprint density at radius 2 is 2.02 bits per heavy atom. The van der Waals surface area contributed by atoms with Gasteiger partial charge in [-0.05, 0) is 69.8 Å². The lowest BCUT2D eigenvalue weighted by molar-refractivity contribution is -0.111. The van der Waals surface area contributed by atoms with Crippen LogP contribution >= 0.6 is 0 Å². The van der Waals surface area contributed by atoms with E-state index in [1.54, 1.807) is 48.7 Å². The summed E-state index contributed by atoms with van der Waals surface area (Å²) in [5.41, 5.74) is 2.62. The molecule has 0 fully saturated rings. The number of anilines is 3. The van der Waals surface area contributed by atoms with Crippen molar-refractivity contribution in [1.29, 1.82) is 5.26 Å². The van der Waals surface area contributed by atoms with E-state index in [9.17, 15) is 10.1 Å². The highest BCUT2D eigenvalue weighted by molar-refractivity contribution is 6.04. The van der Waals surface area contributed by atoms with Gasteiger partial charge in [0.25, 0.3) is 0 Å². The van der Waals surface area contributed by atoms with Crippen LogP contribution in [0.5, 0.6) is 11.5 Å². The smallest absolute Gasteiger partial charge is 0.248 e. The topological polar surface area (TPSA) is 112 Å². The molecule has 4 rings (SSSR count). The van der Waals surface area contributed by atoms with Crippen molar-refractivity contribution in [2.75, 3.05) is 37.9 Å². The van der Waals surface area contributed by atoms with E-state index in [0.717, 1.165) is 0 Å². The summed E-state index contributed by atoms with van der Waals surface area (Å²) in [5, 5.41) is 16.5. The van der Waals surface area contributed by atoms with Crippen LogP contribution in [0.1, 0.15) is 27.9 Å². The van der Waals surface area contributed by atoms with Gasteiger partial charge in [-0.15, -0.1) is 0 Å². The van der Waals surface area contributed by atoms with Crippen LogP contribution in [0.2, 0.25) is 0 Å². The Balaban J connectivity index is 1.72. The molecule has 1 amide bonds. The summed E-state index contributed by atoms with van der Waals surface area (Å²) in [4.78, 5) is 23.2. The Kier molecular flexibility index (Phi) is 7.97. The molecule has 4 aromatic rings. The van der Waals surface area contributed by atoms with E-state index in [4.69, 9.17) is 13.6 Å². The summed E-state index contributed by atoms with van der Waals surface area (Å²) in [6.07, 6.45) is 6.25. The van der Waals surface area contributed by atoms with Gasteiger partial charge in [0, 0.05) is 46.3 Å². The number of hydrogen-bond acceptors (Lipinski definition) is 8. The number of nitrogens with one attached hydrogen (secondary N) is 2. The lowest BCUT2D eigenvalue weighted by atomic mass is 10.1. The van der Waals surface area contributed by atoms with Crippen molar-refractivity contribution in [3.63, 3.8) is 0 Å². The SMILES string of the molecule is [2H]C([2H])([2H])c1cc(Nc2c(C#N)cnc3cc(OCC)c(NC(=O)C=CCN(C)C)cc23)ccc1OCc1ccccn1. The third kappa shape index (κ3) is 7.12. The molecule has 2 heterocycles. The molecule has 2 aromatic carbocycles. The summed E-state index contributed by atoms with van der Waals surface area (Å²) in [6.45, 7) is 0.417. The monoisotopic (exact) mass is 539 g/mol. The fraction of sp³-hybridized carbons (Fsp3) is 0.226. The number of nitriles is 1. The molecule has 0 spiro atoms. The molecule has 2 aromatic heterocycles. The van der Waals surface area contributed by atoms with Gasteiger partial charge in [0.05, 0.1) is 34.8 Å². The minimum absolute atomic E-state index is 0.00129. The predicted molar refractivity (Wildman–Crippen MR) is 157 cm³/mol. The zero-order valence-corrected chi connectivity index (χ0v) is 22.6. The molecule has 0 bridgehead atoms. The first kappa shape index (κ1) is 24.1. The first-order valence-electron chi connectivity index (χ1n) is 14.1. The number of nitrogens with zero attached hydrogens (tertiary/aromatic N) is 4. The van der Waals surface area contributed by atoms with Gasteiger partial charge in [-0.2, -0.15) is 5.26 Å². The fourth-order valence-corrected chi connectivity index (χ4v) is 3.87. The van der Waals surface area contributed by atoms with E-state index < -0.39 is 6.85 Å². The number of likely N-dealkylation sites (N-methyl/N-ethyl adjacent to an activating group) is 1. The van der Waals surface area contributed by atoms with E-state index in [2.05, 4.69) is 26.7 Å². The predicted octanol–water partition coefficient (Wildman–Crippen LogP) is 5.59. The fourth-order valence-electron chi connectivity index (χ4n) is 3.87. The molecule has 40 heavy (non-hydrogen) atoms. The van der Waals surface area contributed by atoms with Crippen molar-refractivity contribution < 1.29 is 18.4 Å². The average Bonchev–Trinajstić information content (AvgIpc) is 2.97. The second kappa shape index (κ2) is 13.2. The highest BCUT2D eigenvalue weighted by Crippen LogP contribution is 2.36. The number of ether oxygens (including phenoxy) is 2. The number of aromatic nitrogens is 2. The average molecular weight is 540 g/mol. The molecule has 0 aliphatic heterocycles. The van der Waals surface area contributed by atoms with Gasteiger partial charge in [-0.3, -0.25) is 14.8 Å². The number of pyridine rings is 2. The zero-order valence-electron chi connectivity index (χ0n) is 25.6. The van der Waals surface area contributed by atoms with Gasteiger partial charge in [0.2, 0.25) is 5.91 Å². The van der Waals surface area contributed by atoms with Crippen molar-refractivity contribution in [2.45, 2.75) is 20.4 Å². The number of carbonyl (C=O) groups excluding carboxylic acids is 1. The van der Waals surface area contributed by atoms with Gasteiger partial charge in [0.15, 0.2) is 0 Å². The Hall–Kier alpha value is -4.94. The van der Waals surface area contributed by atoms with Crippen LogP contribution < -0.4 is 20.1 Å². The molecular formula is C31H32N6O3. The number of benzene rings is 2. The number of hydrogen-bond donors (Lipinski definition) is 2. The van der Waals surface area contributed by atoms with Gasteiger partial charge in [-0.1, -0.05) is 12.1 Å². The third-order valence-corrected chi connectivity index (χ3v) is 5.74. The number of amides is 1. The van der Waals surface area contributed by atoms with Crippen LogP contribution in [0, 0.1) is 18.2 Å². The van der Waals surface area contributed by atoms with E-state index >= 15 is 0 Å². The van der Waals surface area contributed by atoms with Crippen LogP contribution in [0.3, 0.4) is 0 Å². The van der Waals surface area contributed by atoms with E-state index in [0.29, 0.717) is 52.6 Å². The molecule has 0 unspecified atom stereocenters. The summed E-state index contributed by atoms with van der Waals surface area (Å²) in [5.74, 6) is 0.279. The van der Waals surface area contributed by atoms with Crippen LogP contribution in [-0.2, 0) is 11.4 Å². The second-order valence-electron chi connectivity index (χ2n) is 9.06. The zero-order chi connectivity index (χ0) is 31.0. The van der Waals surface area contributed by atoms with Crippen LogP contribution in [-0.4, -0.2) is 48.0 Å². The minimum Gasteiger partial charge on any atom is -0.492 e. The Morgan fingerprint density at radius 3 is 2.75 bits per heavy atom. The van der Waals surface area contributed by atoms with Gasteiger partial charge >= 0.3 is 0 Å². The van der Waals surface area contributed by atoms with E-state index in [-0.39, 0.29) is 29.4 Å². The highest BCUT2D eigenvalue weighted by atomic mass is 16.5. The van der Waals surface area contributed by atoms with Gasteiger partial charge < -0.3 is 25.0 Å². The number of aryl methyl sites for hydroxylation is 1. The number of rotatable bonds is 11. The van der Waals surface area contributed by atoms with E-state index in [1.807, 2.05) is 32.0 Å². The molecule has 0 saturated carbocycles. The Bertz CT molecular complexity index is 1670. The van der Waals surface area contributed by atoms with Crippen molar-refractivity contribution in [2.24, 2.45) is 0 Å². The molecule has 0 atom stereocenters. The molecular weight excluding hydrogens is 504 g/mol. The highest BCUT2D eigenvalue weighted by Gasteiger charge is 2.16. The van der Waals surface area contributed by atoms with Crippen LogP contribution in [0.15, 0.2) is 73.1 Å². The van der Waals surface area contributed by atoms with Gasteiger partial charge in [0.1, 0.15) is 24.2 Å². The minimum atomic E-state index is -2.47. The summed E-state index contributed by atoms with van der Waals surface area (Å²) in [7, 11) is 3.80. The first-order valence-corrected chi connectivity index (χ1v) is 12.6. The Morgan fingerprint density at radius 1 is 1.15 bits per heavy atom. The maximum absolute atomic E-state index is 12.7. The quantitative estimate of drug-likeness (QED) is 0.237. The summed E-state index contributed by atoms with van der Waals surface area (Å²) >= 11 is 0. The van der Waals surface area contributed by atoms with E-state index in [1.165, 1.54) is 18.3 Å². The summed E-state index contributed by atoms with van der Waals surface area (Å²) in [6, 6.07) is 15.6. The van der Waals surface area contributed by atoms with Crippen LogP contribution in [0.4, 0.5) is 17.1 Å². The lowest BCUT2D eigenvalue weighted by Crippen LogP contribution is -2.13. The Labute approximate surface area is 238 Å². The molecule has 0 aliphatic carbocycles. The van der Waals surface area contributed by atoms with Crippen molar-refractivity contribution in [3.8, 4) is 17.6 Å². The molecule has 9 nitrogen and oxygen atoms in total. The van der Waals surface area contributed by atoms with Crippen molar-refractivity contribution in [3.05, 3.63) is 89.9 Å². The third-order valence-electron chi connectivity index (χ3n) is 5.74. The maximum Gasteiger partial charge on any atom is 0.248 e. The number of carbonyl (C=O) groups is 1. The molecule has 0 aliphatic rings. The molecule has 0 saturated heterocycles. The normalized spacial score (nSPS) is 12.4.